The summed E-state index contributed by atoms with van der Waals surface area (Å²) in [5.41, 5.74) is 12.8. The predicted molar refractivity (Wildman–Crippen MR) is 119 cm³/mol. The van der Waals surface area contributed by atoms with Crippen LogP contribution in [0.15, 0.2) is 42.5 Å². The summed E-state index contributed by atoms with van der Waals surface area (Å²) in [5, 5.41) is 6.91. The molecule has 2 amide bonds. The lowest BCUT2D eigenvalue weighted by atomic mass is 10.0. The highest BCUT2D eigenvalue weighted by molar-refractivity contribution is 6.03. The Morgan fingerprint density at radius 2 is 1.76 bits per heavy atom. The van der Waals surface area contributed by atoms with Crippen molar-refractivity contribution in [2.24, 2.45) is 5.73 Å². The molecule has 0 spiro atoms. The third-order valence-corrected chi connectivity index (χ3v) is 4.96. The van der Waals surface area contributed by atoms with Gasteiger partial charge in [0, 0.05) is 17.3 Å². The summed E-state index contributed by atoms with van der Waals surface area (Å²) in [5.74, 6) is -0.991. The van der Waals surface area contributed by atoms with E-state index in [2.05, 4.69) is 10.4 Å². The van der Waals surface area contributed by atoms with Gasteiger partial charge in [-0.25, -0.2) is 4.68 Å². The Bertz CT molecular complexity index is 1200. The number of nitrogens with one attached hydrogen (secondary N) is 1. The van der Waals surface area contributed by atoms with Crippen molar-refractivity contribution in [2.45, 2.75) is 39.4 Å². The smallest absolute Gasteiger partial charge is 0.383 e. The van der Waals surface area contributed by atoms with Crippen LogP contribution in [0.4, 0.5) is 24.7 Å². The average molecular weight is 459 g/mol. The second-order valence-corrected chi connectivity index (χ2v) is 8.02. The van der Waals surface area contributed by atoms with E-state index in [0.29, 0.717) is 22.4 Å². The number of anilines is 2. The van der Waals surface area contributed by atoms with Gasteiger partial charge in [0.2, 0.25) is 5.91 Å². The van der Waals surface area contributed by atoms with Gasteiger partial charge in [-0.1, -0.05) is 24.3 Å². The van der Waals surface area contributed by atoms with Crippen molar-refractivity contribution in [3.8, 4) is 11.3 Å². The Morgan fingerprint density at radius 3 is 2.30 bits per heavy atom. The molecule has 0 unspecified atom stereocenters. The second kappa shape index (κ2) is 8.97. The number of primary amides is 1. The number of nitrogen functional groups attached to an aromatic ring is 1. The highest BCUT2D eigenvalue weighted by Gasteiger charge is 2.31. The summed E-state index contributed by atoms with van der Waals surface area (Å²) >= 11 is 0. The molecule has 0 fully saturated rings. The van der Waals surface area contributed by atoms with Crippen LogP contribution in [0.1, 0.15) is 46.9 Å². The van der Waals surface area contributed by atoms with Gasteiger partial charge in [0.1, 0.15) is 17.1 Å². The van der Waals surface area contributed by atoms with Crippen LogP contribution in [-0.4, -0.2) is 21.6 Å². The molecule has 0 radical (unpaired) electrons. The summed E-state index contributed by atoms with van der Waals surface area (Å²) in [6, 6.07) is 9.99. The molecule has 2 aromatic carbocycles. The summed E-state index contributed by atoms with van der Waals surface area (Å²) in [6.45, 7) is 5.26. The lowest BCUT2D eigenvalue weighted by molar-refractivity contribution is -0.137. The molecule has 174 valence electrons. The van der Waals surface area contributed by atoms with E-state index in [1.54, 1.807) is 24.3 Å². The number of nitrogens with two attached hydrogens (primary N) is 2. The number of halogens is 3. The molecule has 1 heterocycles. The van der Waals surface area contributed by atoms with E-state index >= 15 is 0 Å². The number of amides is 2. The Labute approximate surface area is 188 Å². The number of aromatic nitrogens is 2. The fraction of sp³-hybridized carbons (Fsp3) is 0.261. The van der Waals surface area contributed by atoms with E-state index in [-0.39, 0.29) is 29.5 Å². The van der Waals surface area contributed by atoms with E-state index in [4.69, 9.17) is 11.5 Å². The molecule has 0 aliphatic carbocycles. The van der Waals surface area contributed by atoms with Gasteiger partial charge in [-0.2, -0.15) is 18.3 Å². The lowest BCUT2D eigenvalue weighted by Crippen LogP contribution is -2.15. The molecule has 0 saturated heterocycles. The molecular formula is C23H24F3N5O2. The van der Waals surface area contributed by atoms with Gasteiger partial charge in [-0.15, -0.1) is 0 Å². The molecule has 0 saturated carbocycles. The van der Waals surface area contributed by atoms with Crippen LogP contribution >= 0.6 is 0 Å². The molecule has 0 aliphatic rings. The first-order valence-electron chi connectivity index (χ1n) is 10.1. The second-order valence-electron chi connectivity index (χ2n) is 8.02. The minimum absolute atomic E-state index is 0.0547. The van der Waals surface area contributed by atoms with Crippen LogP contribution in [0.2, 0.25) is 0 Å². The normalized spacial score (nSPS) is 11.6. The van der Waals surface area contributed by atoms with E-state index in [0.717, 1.165) is 12.1 Å². The van der Waals surface area contributed by atoms with E-state index in [1.807, 2.05) is 13.8 Å². The van der Waals surface area contributed by atoms with Gasteiger partial charge in [0.15, 0.2) is 0 Å². The number of hydrogen-bond acceptors (Lipinski definition) is 4. The highest BCUT2D eigenvalue weighted by Crippen LogP contribution is 2.32. The molecular weight excluding hydrogens is 435 g/mol. The monoisotopic (exact) mass is 459 g/mol. The number of hydrogen-bond donors (Lipinski definition) is 3. The number of benzene rings is 2. The van der Waals surface area contributed by atoms with Gasteiger partial charge in [0.25, 0.3) is 5.91 Å². The molecule has 0 bridgehead atoms. The fourth-order valence-corrected chi connectivity index (χ4v) is 3.48. The van der Waals surface area contributed by atoms with Crippen LogP contribution < -0.4 is 16.8 Å². The number of carbonyl (C=O) groups excluding carboxylic acids is 2. The minimum atomic E-state index is -4.50. The van der Waals surface area contributed by atoms with E-state index in [9.17, 15) is 22.8 Å². The molecule has 3 rings (SSSR count). The van der Waals surface area contributed by atoms with Crippen LogP contribution in [0.25, 0.3) is 11.3 Å². The first-order chi connectivity index (χ1) is 15.4. The van der Waals surface area contributed by atoms with E-state index < -0.39 is 23.6 Å². The van der Waals surface area contributed by atoms with Crippen molar-refractivity contribution in [3.05, 3.63) is 64.7 Å². The van der Waals surface area contributed by atoms with Crippen LogP contribution in [0.3, 0.4) is 0 Å². The van der Waals surface area contributed by atoms with Crippen molar-refractivity contribution in [2.75, 3.05) is 11.1 Å². The minimum Gasteiger partial charge on any atom is -0.383 e. The third-order valence-electron chi connectivity index (χ3n) is 4.96. The Morgan fingerprint density at radius 1 is 1.12 bits per heavy atom. The fourth-order valence-electron chi connectivity index (χ4n) is 3.48. The lowest BCUT2D eigenvalue weighted by Gasteiger charge is -2.12. The Balaban J connectivity index is 1.78. The number of rotatable bonds is 6. The highest BCUT2D eigenvalue weighted by atomic mass is 19.4. The number of alkyl halides is 3. The van der Waals surface area contributed by atoms with Gasteiger partial charge in [0.05, 0.1) is 12.0 Å². The molecule has 3 aromatic rings. The standard InChI is InChI=1S/C23H24F3N5O2/c1-12(2)31-21(27)19(22(28)33)20(30-31)15-6-4-14(5-7-15)10-18(32)29-17-9-13(3)8-16(11-17)23(24,25)26/h4-9,11-12H,10,27H2,1-3H3,(H2,28,33)(H,29,32). The van der Waals surface area contributed by atoms with Gasteiger partial charge in [-0.05, 0) is 50.1 Å². The maximum atomic E-state index is 13.0. The average Bonchev–Trinajstić information content (AvgIpc) is 3.05. The van der Waals surface area contributed by atoms with Crippen LogP contribution in [-0.2, 0) is 17.4 Å². The zero-order valence-electron chi connectivity index (χ0n) is 18.3. The Kier molecular flexibility index (Phi) is 6.48. The summed E-state index contributed by atoms with van der Waals surface area (Å²) in [7, 11) is 0. The maximum absolute atomic E-state index is 13.0. The van der Waals surface area contributed by atoms with Gasteiger partial charge >= 0.3 is 6.18 Å². The summed E-state index contributed by atoms with van der Waals surface area (Å²) < 4.78 is 40.5. The maximum Gasteiger partial charge on any atom is 0.416 e. The molecule has 1 aromatic heterocycles. The van der Waals surface area contributed by atoms with Gasteiger partial charge < -0.3 is 16.8 Å². The summed E-state index contributed by atoms with van der Waals surface area (Å²) in [6.07, 6.45) is -4.56. The first kappa shape index (κ1) is 23.8. The Hall–Kier alpha value is -3.82. The SMILES string of the molecule is Cc1cc(NC(=O)Cc2ccc(-c3nn(C(C)C)c(N)c3C(N)=O)cc2)cc(C(F)(F)F)c1. The molecule has 10 heteroatoms. The summed E-state index contributed by atoms with van der Waals surface area (Å²) in [4.78, 5) is 24.3. The largest absolute Gasteiger partial charge is 0.416 e. The van der Waals surface area contributed by atoms with Crippen molar-refractivity contribution >= 4 is 23.3 Å². The van der Waals surface area contributed by atoms with Crippen molar-refractivity contribution in [3.63, 3.8) is 0 Å². The third kappa shape index (κ3) is 5.33. The van der Waals surface area contributed by atoms with Crippen molar-refractivity contribution in [1.29, 1.82) is 0 Å². The zero-order chi connectivity index (χ0) is 24.5. The first-order valence-corrected chi connectivity index (χ1v) is 10.1. The van der Waals surface area contributed by atoms with Crippen molar-refractivity contribution < 1.29 is 22.8 Å². The number of aryl methyl sites for hydroxylation is 1. The quantitative estimate of drug-likeness (QED) is 0.509. The molecule has 7 nitrogen and oxygen atoms in total. The molecule has 0 atom stereocenters. The predicted octanol–water partition coefficient (Wildman–Crippen LogP) is 4.32. The number of carbonyl (C=O) groups is 2. The van der Waals surface area contributed by atoms with Crippen LogP contribution in [0, 0.1) is 6.92 Å². The van der Waals surface area contributed by atoms with Gasteiger partial charge in [-0.3, -0.25) is 9.59 Å². The topological polar surface area (TPSA) is 116 Å². The molecule has 0 aliphatic heterocycles. The van der Waals surface area contributed by atoms with E-state index in [1.165, 1.54) is 17.7 Å². The number of nitrogens with zero attached hydrogens (tertiary/aromatic N) is 2. The van der Waals surface area contributed by atoms with Crippen LogP contribution in [0.5, 0.6) is 0 Å². The zero-order valence-corrected chi connectivity index (χ0v) is 18.3. The van der Waals surface area contributed by atoms with Crippen molar-refractivity contribution in [1.82, 2.24) is 9.78 Å². The molecule has 5 N–H and O–H groups in total. The molecule has 33 heavy (non-hydrogen) atoms.